The van der Waals surface area contributed by atoms with Crippen LogP contribution < -0.4 is 4.74 Å². The third kappa shape index (κ3) is 3.82. The van der Waals surface area contributed by atoms with Crippen molar-refractivity contribution in [3.8, 4) is 5.75 Å². The van der Waals surface area contributed by atoms with Crippen LogP contribution in [0.1, 0.15) is 33.8 Å². The molecule has 1 atom stereocenters. The van der Waals surface area contributed by atoms with E-state index in [2.05, 4.69) is 6.07 Å². The van der Waals surface area contributed by atoms with Gasteiger partial charge in [0.2, 0.25) is 5.91 Å². The van der Waals surface area contributed by atoms with E-state index < -0.39 is 5.97 Å². The maximum atomic E-state index is 12.5. The maximum Gasteiger partial charge on any atom is 0.335 e. The van der Waals surface area contributed by atoms with Crippen molar-refractivity contribution < 1.29 is 19.4 Å². The number of ether oxygens (including phenoxy) is 1. The minimum absolute atomic E-state index is 0.0699. The molecule has 5 heteroatoms. The number of hydrogen-bond donors (Lipinski definition) is 1. The van der Waals surface area contributed by atoms with E-state index in [1.54, 1.807) is 19.2 Å². The average molecular weight is 339 g/mol. The van der Waals surface area contributed by atoms with Crippen LogP contribution in [0.2, 0.25) is 0 Å². The summed E-state index contributed by atoms with van der Waals surface area (Å²) in [4.78, 5) is 25.3. The standard InChI is InChI=1S/C20H21NO4/c1-25-18-5-3-2-4-17(18)16-10-11-21(13-16)19(22)12-14-6-8-15(9-7-14)20(23)24/h2-9,16H,10-13H2,1H3,(H,23,24). The largest absolute Gasteiger partial charge is 0.496 e. The Morgan fingerprint density at radius 3 is 2.56 bits per heavy atom. The van der Waals surface area contributed by atoms with Crippen molar-refractivity contribution in [2.75, 3.05) is 20.2 Å². The van der Waals surface area contributed by atoms with Gasteiger partial charge in [-0.3, -0.25) is 4.79 Å². The van der Waals surface area contributed by atoms with Crippen LogP contribution in [0.4, 0.5) is 0 Å². The molecule has 1 aliphatic rings. The van der Waals surface area contributed by atoms with Crippen LogP contribution in [0.3, 0.4) is 0 Å². The number of rotatable bonds is 5. The number of carbonyl (C=O) groups is 2. The highest BCUT2D eigenvalue weighted by atomic mass is 16.5. The first-order valence-electron chi connectivity index (χ1n) is 8.31. The van der Waals surface area contributed by atoms with Crippen molar-refractivity contribution in [3.63, 3.8) is 0 Å². The summed E-state index contributed by atoms with van der Waals surface area (Å²) in [5.41, 5.74) is 2.20. The number of methoxy groups -OCH3 is 1. The fourth-order valence-electron chi connectivity index (χ4n) is 3.30. The van der Waals surface area contributed by atoms with E-state index in [4.69, 9.17) is 9.84 Å². The fraction of sp³-hybridized carbons (Fsp3) is 0.300. The van der Waals surface area contributed by atoms with Crippen molar-refractivity contribution in [2.24, 2.45) is 0 Å². The summed E-state index contributed by atoms with van der Waals surface area (Å²) >= 11 is 0. The third-order valence-corrected chi connectivity index (χ3v) is 4.68. The molecular formula is C20H21NO4. The van der Waals surface area contributed by atoms with Crippen LogP contribution in [-0.4, -0.2) is 42.1 Å². The number of aromatic carboxylic acids is 1. The summed E-state index contributed by atoms with van der Waals surface area (Å²) in [6, 6.07) is 14.4. The fourth-order valence-corrected chi connectivity index (χ4v) is 3.30. The van der Waals surface area contributed by atoms with Crippen molar-refractivity contribution in [1.82, 2.24) is 4.90 Å². The monoisotopic (exact) mass is 339 g/mol. The minimum atomic E-state index is -0.961. The highest BCUT2D eigenvalue weighted by molar-refractivity contribution is 5.87. The molecule has 1 heterocycles. The first-order valence-corrected chi connectivity index (χ1v) is 8.31. The van der Waals surface area contributed by atoms with Gasteiger partial charge in [0.1, 0.15) is 5.75 Å². The van der Waals surface area contributed by atoms with Crippen molar-refractivity contribution in [2.45, 2.75) is 18.8 Å². The van der Waals surface area contributed by atoms with E-state index >= 15 is 0 Å². The second-order valence-electron chi connectivity index (χ2n) is 6.25. The Labute approximate surface area is 146 Å². The summed E-state index contributed by atoms with van der Waals surface area (Å²) < 4.78 is 5.43. The van der Waals surface area contributed by atoms with Crippen LogP contribution in [0.5, 0.6) is 5.75 Å². The zero-order valence-electron chi connectivity index (χ0n) is 14.1. The third-order valence-electron chi connectivity index (χ3n) is 4.68. The molecule has 25 heavy (non-hydrogen) atoms. The summed E-state index contributed by atoms with van der Waals surface area (Å²) in [7, 11) is 1.66. The predicted molar refractivity (Wildman–Crippen MR) is 94.0 cm³/mol. The molecule has 1 unspecified atom stereocenters. The Morgan fingerprint density at radius 1 is 1.16 bits per heavy atom. The Balaban J connectivity index is 1.63. The minimum Gasteiger partial charge on any atom is -0.496 e. The maximum absolute atomic E-state index is 12.5. The van der Waals surface area contributed by atoms with Crippen molar-refractivity contribution in [1.29, 1.82) is 0 Å². The Kier molecular flexibility index (Phi) is 5.03. The Morgan fingerprint density at radius 2 is 1.88 bits per heavy atom. The van der Waals surface area contributed by atoms with Gasteiger partial charge in [-0.15, -0.1) is 0 Å². The number of amides is 1. The Hall–Kier alpha value is -2.82. The molecule has 2 aromatic carbocycles. The summed E-state index contributed by atoms with van der Waals surface area (Å²) in [5.74, 6) is 0.262. The summed E-state index contributed by atoms with van der Waals surface area (Å²) in [6.07, 6.45) is 1.21. The van der Waals surface area contributed by atoms with E-state index in [1.807, 2.05) is 23.1 Å². The molecule has 1 amide bonds. The van der Waals surface area contributed by atoms with E-state index in [0.29, 0.717) is 13.0 Å². The molecule has 0 bridgehead atoms. The first kappa shape index (κ1) is 17.0. The van der Waals surface area contributed by atoms with Crippen LogP contribution in [0, 0.1) is 0 Å². The molecule has 2 aromatic rings. The van der Waals surface area contributed by atoms with Gasteiger partial charge in [0.15, 0.2) is 0 Å². The zero-order valence-corrected chi connectivity index (χ0v) is 14.1. The number of likely N-dealkylation sites (tertiary alicyclic amines) is 1. The average Bonchev–Trinajstić information content (AvgIpc) is 3.12. The number of carboxylic acids is 1. The lowest BCUT2D eigenvalue weighted by Crippen LogP contribution is -2.29. The molecule has 130 valence electrons. The summed E-state index contributed by atoms with van der Waals surface area (Å²) in [6.45, 7) is 1.42. The molecule has 3 rings (SSSR count). The van der Waals surface area contributed by atoms with Gasteiger partial charge in [0.05, 0.1) is 19.1 Å². The molecule has 1 saturated heterocycles. The van der Waals surface area contributed by atoms with Gasteiger partial charge < -0.3 is 14.7 Å². The van der Waals surface area contributed by atoms with Crippen molar-refractivity contribution >= 4 is 11.9 Å². The molecule has 1 fully saturated rings. The number of nitrogens with zero attached hydrogens (tertiary/aromatic N) is 1. The number of para-hydroxylation sites is 1. The van der Waals surface area contributed by atoms with Crippen molar-refractivity contribution in [3.05, 3.63) is 65.2 Å². The molecule has 0 radical (unpaired) electrons. The Bertz CT molecular complexity index is 770. The summed E-state index contributed by atoms with van der Waals surface area (Å²) in [5, 5.41) is 8.92. The second kappa shape index (κ2) is 7.38. The molecule has 0 aliphatic carbocycles. The molecule has 0 saturated carbocycles. The number of benzene rings is 2. The van der Waals surface area contributed by atoms with E-state index in [0.717, 1.165) is 29.8 Å². The van der Waals surface area contributed by atoms with Gasteiger partial charge in [0.25, 0.3) is 0 Å². The molecule has 0 aromatic heterocycles. The van der Waals surface area contributed by atoms with E-state index in [1.165, 1.54) is 12.1 Å². The molecule has 0 spiro atoms. The lowest BCUT2D eigenvalue weighted by Gasteiger charge is -2.18. The molecular weight excluding hydrogens is 318 g/mol. The molecule has 1 N–H and O–H groups in total. The topological polar surface area (TPSA) is 66.8 Å². The SMILES string of the molecule is COc1ccccc1C1CCN(C(=O)Cc2ccc(C(=O)O)cc2)C1. The normalized spacial score (nSPS) is 16.7. The first-order chi connectivity index (χ1) is 12.1. The highest BCUT2D eigenvalue weighted by Crippen LogP contribution is 2.33. The smallest absolute Gasteiger partial charge is 0.335 e. The van der Waals surface area contributed by atoms with Gasteiger partial charge in [0, 0.05) is 19.0 Å². The molecule has 1 aliphatic heterocycles. The van der Waals surface area contributed by atoms with E-state index in [-0.39, 0.29) is 17.4 Å². The van der Waals surface area contributed by atoms with E-state index in [9.17, 15) is 9.59 Å². The van der Waals surface area contributed by atoms with Crippen LogP contribution in [0.15, 0.2) is 48.5 Å². The predicted octanol–water partition coefficient (Wildman–Crippen LogP) is 2.95. The quantitative estimate of drug-likeness (QED) is 0.909. The van der Waals surface area contributed by atoms with Crippen LogP contribution in [0.25, 0.3) is 0 Å². The van der Waals surface area contributed by atoms with Gasteiger partial charge in [-0.05, 0) is 35.7 Å². The van der Waals surface area contributed by atoms with Gasteiger partial charge >= 0.3 is 5.97 Å². The van der Waals surface area contributed by atoms with Gasteiger partial charge in [-0.2, -0.15) is 0 Å². The molecule has 5 nitrogen and oxygen atoms in total. The number of hydrogen-bond acceptors (Lipinski definition) is 3. The number of carboxylic acid groups (broad SMARTS) is 1. The lowest BCUT2D eigenvalue weighted by atomic mass is 9.97. The lowest BCUT2D eigenvalue weighted by molar-refractivity contribution is -0.129. The van der Waals surface area contributed by atoms with Crippen LogP contribution in [-0.2, 0) is 11.2 Å². The highest BCUT2D eigenvalue weighted by Gasteiger charge is 2.28. The number of carbonyl (C=O) groups excluding carboxylic acids is 1. The zero-order chi connectivity index (χ0) is 17.8. The van der Waals surface area contributed by atoms with Gasteiger partial charge in [-0.1, -0.05) is 30.3 Å². The second-order valence-corrected chi connectivity index (χ2v) is 6.25. The van der Waals surface area contributed by atoms with Crippen LogP contribution >= 0.6 is 0 Å². The van der Waals surface area contributed by atoms with Gasteiger partial charge in [-0.25, -0.2) is 4.79 Å².